The Labute approximate surface area is 167 Å². The van der Waals surface area contributed by atoms with Crippen LogP contribution in [0.2, 0.25) is 0 Å². The minimum Gasteiger partial charge on any atom is -0.481 e. The maximum Gasteiger partial charge on any atom is 0.407 e. The Morgan fingerprint density at radius 1 is 1.00 bits per heavy atom. The molecule has 1 unspecified atom stereocenters. The molecule has 0 saturated heterocycles. The van der Waals surface area contributed by atoms with Crippen LogP contribution < -0.4 is 5.32 Å². The number of carbonyl (C=O) groups is 3. The van der Waals surface area contributed by atoms with Gasteiger partial charge in [-0.1, -0.05) is 54.6 Å². The molecule has 7 heteroatoms. The fourth-order valence-corrected chi connectivity index (χ4v) is 3.49. The second kappa shape index (κ2) is 9.05. The number of hydrogen-bond acceptors (Lipinski definition) is 4. The summed E-state index contributed by atoms with van der Waals surface area (Å²) in [4.78, 5) is 33.8. The largest absolute Gasteiger partial charge is 0.481 e. The van der Waals surface area contributed by atoms with E-state index in [9.17, 15) is 14.4 Å². The molecule has 1 aliphatic rings. The summed E-state index contributed by atoms with van der Waals surface area (Å²) in [6, 6.07) is 15.1. The lowest BCUT2D eigenvalue weighted by Gasteiger charge is -2.17. The summed E-state index contributed by atoms with van der Waals surface area (Å²) in [5, 5.41) is 20.1. The molecule has 3 rings (SSSR count). The quantitative estimate of drug-likeness (QED) is 0.591. The van der Waals surface area contributed by atoms with Crippen LogP contribution in [-0.4, -0.2) is 40.9 Å². The van der Waals surface area contributed by atoms with Gasteiger partial charge in [0.2, 0.25) is 0 Å². The molecule has 0 saturated carbocycles. The molecule has 1 amide bonds. The predicted octanol–water partition coefficient (Wildman–Crippen LogP) is 3.40. The van der Waals surface area contributed by atoms with Gasteiger partial charge in [0, 0.05) is 18.4 Å². The van der Waals surface area contributed by atoms with E-state index in [1.54, 1.807) is 0 Å². The fourth-order valence-electron chi connectivity index (χ4n) is 3.49. The summed E-state index contributed by atoms with van der Waals surface area (Å²) < 4.78 is 5.40. The first kappa shape index (κ1) is 20.1. The molecule has 0 aromatic heterocycles. The van der Waals surface area contributed by atoms with E-state index in [1.165, 1.54) is 6.08 Å². The molecular formula is C22H21NO6. The van der Waals surface area contributed by atoms with E-state index in [0.29, 0.717) is 0 Å². The lowest BCUT2D eigenvalue weighted by atomic mass is 9.98. The number of fused-ring (bicyclic) bond motifs is 3. The van der Waals surface area contributed by atoms with Crippen molar-refractivity contribution in [3.63, 3.8) is 0 Å². The number of rotatable bonds is 8. The van der Waals surface area contributed by atoms with Crippen molar-refractivity contribution >= 4 is 18.0 Å². The van der Waals surface area contributed by atoms with Gasteiger partial charge in [-0.05, 0) is 28.7 Å². The van der Waals surface area contributed by atoms with Crippen molar-refractivity contribution in [1.29, 1.82) is 0 Å². The molecule has 3 N–H and O–H groups in total. The molecule has 0 spiro atoms. The summed E-state index contributed by atoms with van der Waals surface area (Å²) >= 11 is 0. The van der Waals surface area contributed by atoms with Gasteiger partial charge in [-0.15, -0.1) is 0 Å². The number of alkyl carbamates (subject to hydrolysis) is 1. The number of carboxylic acids is 2. The molecule has 2 aromatic carbocycles. The first-order valence-corrected chi connectivity index (χ1v) is 9.20. The lowest BCUT2D eigenvalue weighted by molar-refractivity contribution is -0.137. The number of amides is 1. The summed E-state index contributed by atoms with van der Waals surface area (Å²) in [7, 11) is 0. The van der Waals surface area contributed by atoms with Crippen molar-refractivity contribution in [2.24, 2.45) is 0 Å². The van der Waals surface area contributed by atoms with Gasteiger partial charge in [0.1, 0.15) is 6.61 Å². The number of carbonyl (C=O) groups excluding carboxylic acids is 1. The molecular weight excluding hydrogens is 374 g/mol. The Hall–Kier alpha value is -3.61. The zero-order valence-corrected chi connectivity index (χ0v) is 15.6. The first-order valence-electron chi connectivity index (χ1n) is 9.20. The van der Waals surface area contributed by atoms with Crippen LogP contribution in [0.1, 0.15) is 29.9 Å². The number of nitrogens with one attached hydrogen (secondary N) is 1. The molecule has 1 atom stereocenters. The van der Waals surface area contributed by atoms with Crippen molar-refractivity contribution in [1.82, 2.24) is 5.32 Å². The van der Waals surface area contributed by atoms with Crippen molar-refractivity contribution in [3.8, 4) is 11.1 Å². The standard InChI is InChI=1S/C22H21NO6/c24-20(25)11-9-14(10-12-21(26)27)23-22(28)29-13-19-17-7-3-1-5-15(17)16-6-2-4-8-18(16)19/h1-9,11,14,19H,10,12-13H2,(H,23,28)(H,24,25)(H,26,27)/b11-9+. The van der Waals surface area contributed by atoms with Crippen LogP contribution in [0.3, 0.4) is 0 Å². The van der Waals surface area contributed by atoms with E-state index < -0.39 is 24.1 Å². The molecule has 7 nitrogen and oxygen atoms in total. The van der Waals surface area contributed by atoms with Crippen molar-refractivity contribution < 1.29 is 29.3 Å². The van der Waals surface area contributed by atoms with Crippen LogP contribution >= 0.6 is 0 Å². The van der Waals surface area contributed by atoms with Crippen molar-refractivity contribution in [2.75, 3.05) is 6.61 Å². The van der Waals surface area contributed by atoms with E-state index in [2.05, 4.69) is 5.32 Å². The van der Waals surface area contributed by atoms with Gasteiger partial charge >= 0.3 is 18.0 Å². The molecule has 29 heavy (non-hydrogen) atoms. The summed E-state index contributed by atoms with van der Waals surface area (Å²) in [5.74, 6) is -2.31. The Kier molecular flexibility index (Phi) is 6.29. The van der Waals surface area contributed by atoms with E-state index in [1.807, 2.05) is 48.5 Å². The van der Waals surface area contributed by atoms with Crippen LogP contribution in [-0.2, 0) is 14.3 Å². The number of carboxylic acid groups (broad SMARTS) is 2. The summed E-state index contributed by atoms with van der Waals surface area (Å²) in [6.07, 6.45) is 1.24. The topological polar surface area (TPSA) is 113 Å². The Morgan fingerprint density at radius 2 is 1.59 bits per heavy atom. The van der Waals surface area contributed by atoms with E-state index >= 15 is 0 Å². The Bertz CT molecular complexity index is 906. The van der Waals surface area contributed by atoms with Crippen molar-refractivity contribution in [3.05, 3.63) is 71.8 Å². The Balaban J connectivity index is 1.66. The molecule has 1 aliphatic carbocycles. The van der Waals surface area contributed by atoms with E-state index in [-0.39, 0.29) is 25.4 Å². The van der Waals surface area contributed by atoms with Gasteiger partial charge in [0.15, 0.2) is 0 Å². The van der Waals surface area contributed by atoms with Crippen LogP contribution in [0.4, 0.5) is 4.79 Å². The molecule has 0 bridgehead atoms. The van der Waals surface area contributed by atoms with Crippen LogP contribution in [0.15, 0.2) is 60.7 Å². The van der Waals surface area contributed by atoms with Gasteiger partial charge in [0.05, 0.1) is 6.04 Å². The van der Waals surface area contributed by atoms with Crippen LogP contribution in [0, 0.1) is 0 Å². The number of ether oxygens (including phenoxy) is 1. The van der Waals surface area contributed by atoms with Gasteiger partial charge < -0.3 is 20.3 Å². The third-order valence-corrected chi connectivity index (χ3v) is 4.79. The highest BCUT2D eigenvalue weighted by molar-refractivity contribution is 5.80. The van der Waals surface area contributed by atoms with Gasteiger partial charge in [-0.25, -0.2) is 9.59 Å². The minimum atomic E-state index is -1.18. The highest BCUT2D eigenvalue weighted by atomic mass is 16.5. The van der Waals surface area contributed by atoms with E-state index in [4.69, 9.17) is 14.9 Å². The average molecular weight is 395 g/mol. The highest BCUT2D eigenvalue weighted by Crippen LogP contribution is 2.44. The third kappa shape index (κ3) is 5.01. The van der Waals surface area contributed by atoms with E-state index in [0.717, 1.165) is 28.3 Å². The first-order chi connectivity index (χ1) is 14.0. The highest BCUT2D eigenvalue weighted by Gasteiger charge is 2.29. The smallest absolute Gasteiger partial charge is 0.407 e. The molecule has 150 valence electrons. The third-order valence-electron chi connectivity index (χ3n) is 4.79. The second-order valence-electron chi connectivity index (χ2n) is 6.71. The maximum absolute atomic E-state index is 12.3. The van der Waals surface area contributed by atoms with Crippen molar-refractivity contribution in [2.45, 2.75) is 24.8 Å². The van der Waals surface area contributed by atoms with Gasteiger partial charge in [-0.3, -0.25) is 4.79 Å². The second-order valence-corrected chi connectivity index (χ2v) is 6.71. The zero-order valence-electron chi connectivity index (χ0n) is 15.6. The van der Waals surface area contributed by atoms with Crippen LogP contribution in [0.5, 0.6) is 0 Å². The molecule has 0 aliphatic heterocycles. The minimum absolute atomic E-state index is 0.0588. The Morgan fingerprint density at radius 3 is 2.14 bits per heavy atom. The summed E-state index contributed by atoms with van der Waals surface area (Å²) in [6.45, 7) is 0.119. The molecule has 0 fully saturated rings. The molecule has 0 heterocycles. The van der Waals surface area contributed by atoms with Gasteiger partial charge in [-0.2, -0.15) is 0 Å². The number of hydrogen-bond donors (Lipinski definition) is 3. The van der Waals surface area contributed by atoms with Gasteiger partial charge in [0.25, 0.3) is 0 Å². The summed E-state index contributed by atoms with van der Waals surface area (Å²) in [5.41, 5.74) is 4.38. The lowest BCUT2D eigenvalue weighted by Crippen LogP contribution is -2.35. The molecule has 2 aromatic rings. The fraction of sp³-hybridized carbons (Fsp3) is 0.227. The zero-order chi connectivity index (χ0) is 20.8. The average Bonchev–Trinajstić information content (AvgIpc) is 3.02. The van der Waals surface area contributed by atoms with Crippen LogP contribution in [0.25, 0.3) is 11.1 Å². The maximum atomic E-state index is 12.3. The number of aliphatic carboxylic acids is 2. The normalized spacial score (nSPS) is 13.5. The SMILES string of the molecule is O=C(O)/C=C/C(CCC(=O)O)NC(=O)OCC1c2ccccc2-c2ccccc21. The molecule has 0 radical (unpaired) electrons. The monoisotopic (exact) mass is 395 g/mol. The number of benzene rings is 2. The predicted molar refractivity (Wildman–Crippen MR) is 106 cm³/mol.